The molecule has 1 aromatic heterocycles. The molecule has 5 nitrogen and oxygen atoms in total. The highest BCUT2D eigenvalue weighted by Crippen LogP contribution is 2.16. The highest BCUT2D eigenvalue weighted by molar-refractivity contribution is 5.87. The van der Waals surface area contributed by atoms with Crippen molar-refractivity contribution in [1.82, 2.24) is 20.4 Å². The third kappa shape index (κ3) is 2.61. The summed E-state index contributed by atoms with van der Waals surface area (Å²) in [5.41, 5.74) is 1.83. The number of amides is 1. The van der Waals surface area contributed by atoms with Gasteiger partial charge in [0.05, 0.1) is 17.6 Å². The van der Waals surface area contributed by atoms with Crippen LogP contribution in [0.2, 0.25) is 0 Å². The van der Waals surface area contributed by atoms with Crippen molar-refractivity contribution in [3.63, 3.8) is 0 Å². The Bertz CT molecular complexity index is 570. The van der Waals surface area contributed by atoms with Crippen molar-refractivity contribution < 1.29 is 4.79 Å². The molecule has 0 radical (unpaired) electrons. The molecule has 0 aliphatic carbocycles. The summed E-state index contributed by atoms with van der Waals surface area (Å²) in [5.74, 6) is 0.179. The minimum atomic E-state index is 0.179. The number of carbonyl (C=O) groups is 1. The number of para-hydroxylation sites is 1. The first kappa shape index (κ1) is 12.2. The van der Waals surface area contributed by atoms with Gasteiger partial charge in [-0.15, -0.1) is 0 Å². The molecular formula is C14H18N4O. The van der Waals surface area contributed by atoms with E-state index in [1.54, 1.807) is 0 Å². The number of benzene rings is 1. The Kier molecular flexibility index (Phi) is 3.46. The first-order valence-corrected chi connectivity index (χ1v) is 6.75. The molecule has 100 valence electrons. The number of H-pyrrole nitrogens is 1. The Morgan fingerprint density at radius 2 is 2.16 bits per heavy atom. The third-order valence-electron chi connectivity index (χ3n) is 3.56. The van der Waals surface area contributed by atoms with Crippen LogP contribution in [0.4, 0.5) is 0 Å². The molecular weight excluding hydrogens is 240 g/mol. The molecule has 0 unspecified atom stereocenters. The maximum Gasteiger partial charge on any atom is 0.228 e. The lowest BCUT2D eigenvalue weighted by Crippen LogP contribution is -2.35. The van der Waals surface area contributed by atoms with Gasteiger partial charge in [0.15, 0.2) is 0 Å². The lowest BCUT2D eigenvalue weighted by Gasteiger charge is -2.19. The van der Waals surface area contributed by atoms with Crippen LogP contribution in [0.1, 0.15) is 12.1 Å². The fourth-order valence-corrected chi connectivity index (χ4v) is 2.51. The van der Waals surface area contributed by atoms with E-state index < -0.39 is 0 Å². The molecule has 1 aliphatic rings. The largest absolute Gasteiger partial charge is 0.341 e. The van der Waals surface area contributed by atoms with E-state index in [1.165, 1.54) is 0 Å². The smallest absolute Gasteiger partial charge is 0.228 e. The second kappa shape index (κ2) is 5.40. The second-order valence-electron chi connectivity index (χ2n) is 4.88. The summed E-state index contributed by atoms with van der Waals surface area (Å²) in [5, 5.41) is 11.6. The van der Waals surface area contributed by atoms with E-state index in [0.717, 1.165) is 49.2 Å². The van der Waals surface area contributed by atoms with Crippen molar-refractivity contribution in [2.24, 2.45) is 0 Å². The van der Waals surface area contributed by atoms with Crippen molar-refractivity contribution in [2.45, 2.75) is 12.8 Å². The Morgan fingerprint density at radius 1 is 1.26 bits per heavy atom. The van der Waals surface area contributed by atoms with Gasteiger partial charge in [-0.1, -0.05) is 18.2 Å². The van der Waals surface area contributed by atoms with E-state index in [0.29, 0.717) is 6.42 Å². The van der Waals surface area contributed by atoms with Gasteiger partial charge in [-0.25, -0.2) is 0 Å². The number of hydrogen-bond acceptors (Lipinski definition) is 3. The quantitative estimate of drug-likeness (QED) is 0.842. The lowest BCUT2D eigenvalue weighted by atomic mass is 10.1. The van der Waals surface area contributed by atoms with Crippen LogP contribution in [0.5, 0.6) is 0 Å². The van der Waals surface area contributed by atoms with Gasteiger partial charge in [0, 0.05) is 25.0 Å². The van der Waals surface area contributed by atoms with Crippen LogP contribution in [0.25, 0.3) is 10.9 Å². The van der Waals surface area contributed by atoms with Gasteiger partial charge in [-0.05, 0) is 19.0 Å². The number of fused-ring (bicyclic) bond motifs is 1. The molecule has 1 saturated heterocycles. The minimum absolute atomic E-state index is 0.179. The molecule has 5 heteroatoms. The molecule has 2 heterocycles. The van der Waals surface area contributed by atoms with E-state index >= 15 is 0 Å². The van der Waals surface area contributed by atoms with Gasteiger partial charge in [0.2, 0.25) is 5.91 Å². The average molecular weight is 258 g/mol. The topological polar surface area (TPSA) is 61.0 Å². The zero-order valence-electron chi connectivity index (χ0n) is 10.9. The van der Waals surface area contributed by atoms with E-state index in [1.807, 2.05) is 29.2 Å². The Labute approximate surface area is 112 Å². The maximum atomic E-state index is 12.3. The summed E-state index contributed by atoms with van der Waals surface area (Å²) in [6.07, 6.45) is 1.43. The van der Waals surface area contributed by atoms with Crippen LogP contribution in [0, 0.1) is 0 Å². The lowest BCUT2D eigenvalue weighted by molar-refractivity contribution is -0.130. The van der Waals surface area contributed by atoms with Gasteiger partial charge in [-0.2, -0.15) is 5.10 Å². The number of hydrogen-bond donors (Lipinski definition) is 2. The fourth-order valence-electron chi connectivity index (χ4n) is 2.51. The predicted molar refractivity (Wildman–Crippen MR) is 73.9 cm³/mol. The van der Waals surface area contributed by atoms with Crippen molar-refractivity contribution in [1.29, 1.82) is 0 Å². The molecule has 2 aromatic rings. The van der Waals surface area contributed by atoms with Crippen molar-refractivity contribution in [3.05, 3.63) is 30.0 Å². The van der Waals surface area contributed by atoms with Crippen molar-refractivity contribution in [2.75, 3.05) is 26.2 Å². The normalized spacial score (nSPS) is 16.5. The van der Waals surface area contributed by atoms with Gasteiger partial charge >= 0.3 is 0 Å². The maximum absolute atomic E-state index is 12.3. The number of rotatable bonds is 2. The molecule has 1 fully saturated rings. The molecule has 1 aromatic carbocycles. The molecule has 0 saturated carbocycles. The molecule has 0 bridgehead atoms. The first-order valence-electron chi connectivity index (χ1n) is 6.75. The monoisotopic (exact) mass is 258 g/mol. The van der Waals surface area contributed by atoms with Gasteiger partial charge in [-0.3, -0.25) is 9.89 Å². The number of nitrogens with one attached hydrogen (secondary N) is 2. The predicted octanol–water partition coefficient (Wildman–Crippen LogP) is 0.927. The van der Waals surface area contributed by atoms with Gasteiger partial charge in [0.1, 0.15) is 0 Å². The molecule has 0 spiro atoms. The van der Waals surface area contributed by atoms with Crippen LogP contribution in [0.3, 0.4) is 0 Å². The number of aromatic amines is 1. The molecule has 0 atom stereocenters. The van der Waals surface area contributed by atoms with Gasteiger partial charge < -0.3 is 10.2 Å². The second-order valence-corrected chi connectivity index (χ2v) is 4.88. The molecule has 3 rings (SSSR count). The Hall–Kier alpha value is -1.88. The highest BCUT2D eigenvalue weighted by atomic mass is 16.2. The first-order chi connectivity index (χ1) is 9.34. The summed E-state index contributed by atoms with van der Waals surface area (Å²) < 4.78 is 0. The highest BCUT2D eigenvalue weighted by Gasteiger charge is 2.17. The summed E-state index contributed by atoms with van der Waals surface area (Å²) in [4.78, 5) is 14.3. The summed E-state index contributed by atoms with van der Waals surface area (Å²) in [6.45, 7) is 3.52. The van der Waals surface area contributed by atoms with E-state index in [4.69, 9.17) is 0 Å². The van der Waals surface area contributed by atoms with Crippen LogP contribution in [-0.4, -0.2) is 47.2 Å². The SMILES string of the molecule is O=C(Cc1[nH]nc2ccccc12)N1CCCNCC1. The zero-order valence-corrected chi connectivity index (χ0v) is 10.9. The average Bonchev–Trinajstić information content (AvgIpc) is 2.66. The third-order valence-corrected chi connectivity index (χ3v) is 3.56. The molecule has 19 heavy (non-hydrogen) atoms. The fraction of sp³-hybridized carbons (Fsp3) is 0.429. The van der Waals surface area contributed by atoms with Crippen LogP contribution >= 0.6 is 0 Å². The number of aromatic nitrogens is 2. The van der Waals surface area contributed by atoms with E-state index in [9.17, 15) is 4.79 Å². The Morgan fingerprint density at radius 3 is 3.11 bits per heavy atom. The molecule has 1 amide bonds. The van der Waals surface area contributed by atoms with Crippen LogP contribution in [-0.2, 0) is 11.2 Å². The standard InChI is InChI=1S/C14H18N4O/c19-14(18-8-3-6-15-7-9-18)10-13-11-4-1-2-5-12(11)16-17-13/h1-2,4-5,15H,3,6-10H2,(H,16,17). The Balaban J connectivity index is 1.75. The summed E-state index contributed by atoms with van der Waals surface area (Å²) in [6, 6.07) is 7.89. The molecule has 1 aliphatic heterocycles. The van der Waals surface area contributed by atoms with Crippen LogP contribution < -0.4 is 5.32 Å². The minimum Gasteiger partial charge on any atom is -0.341 e. The molecule has 2 N–H and O–H groups in total. The summed E-state index contributed by atoms with van der Waals surface area (Å²) >= 11 is 0. The zero-order chi connectivity index (χ0) is 13.1. The van der Waals surface area contributed by atoms with Crippen LogP contribution in [0.15, 0.2) is 24.3 Å². The van der Waals surface area contributed by atoms with Gasteiger partial charge in [0.25, 0.3) is 0 Å². The van der Waals surface area contributed by atoms with E-state index in [2.05, 4.69) is 15.5 Å². The summed E-state index contributed by atoms with van der Waals surface area (Å²) in [7, 11) is 0. The van der Waals surface area contributed by atoms with E-state index in [-0.39, 0.29) is 5.91 Å². The number of nitrogens with zero attached hydrogens (tertiary/aromatic N) is 2. The van der Waals surface area contributed by atoms with Crippen molar-refractivity contribution in [3.8, 4) is 0 Å². The van der Waals surface area contributed by atoms with Crippen molar-refractivity contribution >= 4 is 16.8 Å². The number of carbonyl (C=O) groups excluding carboxylic acids is 1.